The zero-order chi connectivity index (χ0) is 14.7. The van der Waals surface area contributed by atoms with E-state index in [2.05, 4.69) is 47.3 Å². The van der Waals surface area contributed by atoms with E-state index in [9.17, 15) is 0 Å². The van der Waals surface area contributed by atoms with Crippen LogP contribution in [0.2, 0.25) is 0 Å². The number of fused-ring (bicyclic) bond motifs is 1. The van der Waals surface area contributed by atoms with E-state index in [1.54, 1.807) is 0 Å². The molecule has 0 aliphatic carbocycles. The van der Waals surface area contributed by atoms with Gasteiger partial charge >= 0.3 is 0 Å². The second-order valence-electron chi connectivity index (χ2n) is 5.53. The summed E-state index contributed by atoms with van der Waals surface area (Å²) in [6, 6.07) is 13.0. The zero-order valence-electron chi connectivity index (χ0n) is 12.4. The Balaban J connectivity index is 1.92. The van der Waals surface area contributed by atoms with E-state index in [4.69, 9.17) is 0 Å². The summed E-state index contributed by atoms with van der Waals surface area (Å²) in [6.07, 6.45) is 5.72. The van der Waals surface area contributed by atoms with Crippen molar-refractivity contribution in [1.82, 2.24) is 15.3 Å². The van der Waals surface area contributed by atoms with Crippen LogP contribution < -0.4 is 5.32 Å². The predicted octanol–water partition coefficient (Wildman–Crippen LogP) is 3.79. The summed E-state index contributed by atoms with van der Waals surface area (Å²) in [5.41, 5.74) is 4.42. The summed E-state index contributed by atoms with van der Waals surface area (Å²) in [7, 11) is 0. The Morgan fingerprint density at radius 2 is 1.81 bits per heavy atom. The Morgan fingerprint density at radius 3 is 2.67 bits per heavy atom. The fraction of sp³-hybridized carbons (Fsp3) is 0.222. The molecule has 21 heavy (non-hydrogen) atoms. The highest BCUT2D eigenvalue weighted by molar-refractivity contribution is 5.83. The zero-order valence-corrected chi connectivity index (χ0v) is 12.4. The molecule has 0 saturated heterocycles. The number of hydrogen-bond acceptors (Lipinski definition) is 3. The molecule has 1 aromatic carbocycles. The molecule has 0 bridgehead atoms. The van der Waals surface area contributed by atoms with Gasteiger partial charge in [0.2, 0.25) is 0 Å². The van der Waals surface area contributed by atoms with Gasteiger partial charge in [0.05, 0.1) is 5.52 Å². The van der Waals surface area contributed by atoms with E-state index in [-0.39, 0.29) is 0 Å². The van der Waals surface area contributed by atoms with Crippen molar-refractivity contribution in [1.29, 1.82) is 0 Å². The molecule has 0 atom stereocenters. The lowest BCUT2D eigenvalue weighted by Crippen LogP contribution is -2.21. The largest absolute Gasteiger partial charge is 0.310 e. The Hall–Kier alpha value is -2.26. The van der Waals surface area contributed by atoms with Crippen LogP contribution in [0.15, 0.2) is 55.0 Å². The monoisotopic (exact) mass is 277 g/mol. The summed E-state index contributed by atoms with van der Waals surface area (Å²) in [4.78, 5) is 8.87. The molecule has 0 aliphatic rings. The highest BCUT2D eigenvalue weighted by Gasteiger charge is 2.03. The topological polar surface area (TPSA) is 37.8 Å². The Kier molecular flexibility index (Phi) is 3.93. The van der Waals surface area contributed by atoms with E-state index >= 15 is 0 Å². The smallest absolute Gasteiger partial charge is 0.0702 e. The third-order valence-corrected chi connectivity index (χ3v) is 3.43. The maximum absolute atomic E-state index is 4.52. The van der Waals surface area contributed by atoms with Crippen LogP contribution in [-0.2, 0) is 6.54 Å². The minimum atomic E-state index is 0.469. The van der Waals surface area contributed by atoms with E-state index in [1.165, 1.54) is 5.56 Å². The molecule has 3 rings (SSSR count). The highest BCUT2D eigenvalue weighted by Crippen LogP contribution is 2.22. The number of para-hydroxylation sites is 1. The highest BCUT2D eigenvalue weighted by atomic mass is 14.9. The number of rotatable bonds is 4. The van der Waals surface area contributed by atoms with Gasteiger partial charge in [0.15, 0.2) is 0 Å². The number of nitrogens with zero attached hydrogens (tertiary/aromatic N) is 2. The molecular weight excluding hydrogens is 258 g/mol. The molecule has 2 aromatic heterocycles. The van der Waals surface area contributed by atoms with Crippen LogP contribution in [-0.4, -0.2) is 16.0 Å². The summed E-state index contributed by atoms with van der Waals surface area (Å²) in [5.74, 6) is 0. The van der Waals surface area contributed by atoms with Crippen molar-refractivity contribution in [2.24, 2.45) is 0 Å². The Labute approximate surface area is 125 Å². The lowest BCUT2D eigenvalue weighted by molar-refractivity contribution is 0.588. The molecule has 2 heterocycles. The third-order valence-electron chi connectivity index (χ3n) is 3.43. The van der Waals surface area contributed by atoms with Gasteiger partial charge in [0.25, 0.3) is 0 Å². The predicted molar refractivity (Wildman–Crippen MR) is 86.9 cm³/mol. The van der Waals surface area contributed by atoms with E-state index in [0.29, 0.717) is 6.04 Å². The molecule has 0 saturated carbocycles. The van der Waals surface area contributed by atoms with Crippen molar-refractivity contribution in [2.45, 2.75) is 26.4 Å². The fourth-order valence-electron chi connectivity index (χ4n) is 2.29. The second kappa shape index (κ2) is 6.02. The average molecular weight is 277 g/mol. The molecule has 0 unspecified atom stereocenters. The first-order chi connectivity index (χ1) is 10.2. The SMILES string of the molecule is CC(C)NCc1cncc(-c2cnc3ccccc3c2)c1. The average Bonchev–Trinajstić information content (AvgIpc) is 2.53. The fourth-order valence-corrected chi connectivity index (χ4v) is 2.29. The number of aromatic nitrogens is 2. The van der Waals surface area contributed by atoms with Crippen LogP contribution in [0.25, 0.3) is 22.0 Å². The van der Waals surface area contributed by atoms with Crippen LogP contribution in [0.3, 0.4) is 0 Å². The van der Waals surface area contributed by atoms with Gasteiger partial charge in [-0.05, 0) is 23.8 Å². The molecular formula is C18H19N3. The molecule has 0 radical (unpaired) electrons. The van der Waals surface area contributed by atoms with Crippen molar-refractivity contribution in [2.75, 3.05) is 0 Å². The Bertz CT molecular complexity index is 750. The van der Waals surface area contributed by atoms with E-state index < -0.39 is 0 Å². The van der Waals surface area contributed by atoms with Crippen molar-refractivity contribution in [3.05, 3.63) is 60.6 Å². The van der Waals surface area contributed by atoms with Gasteiger partial charge in [0.1, 0.15) is 0 Å². The third kappa shape index (κ3) is 3.26. The minimum absolute atomic E-state index is 0.469. The summed E-state index contributed by atoms with van der Waals surface area (Å²) in [6.45, 7) is 5.12. The first kappa shape index (κ1) is 13.7. The molecule has 0 fully saturated rings. The first-order valence-electron chi connectivity index (χ1n) is 7.25. The van der Waals surface area contributed by atoms with Gasteiger partial charge in [-0.1, -0.05) is 32.0 Å². The van der Waals surface area contributed by atoms with Crippen LogP contribution in [0.1, 0.15) is 19.4 Å². The van der Waals surface area contributed by atoms with Crippen LogP contribution >= 0.6 is 0 Å². The van der Waals surface area contributed by atoms with Gasteiger partial charge in [0, 0.05) is 47.7 Å². The van der Waals surface area contributed by atoms with Crippen LogP contribution in [0, 0.1) is 0 Å². The van der Waals surface area contributed by atoms with Gasteiger partial charge in [-0.15, -0.1) is 0 Å². The molecule has 3 nitrogen and oxygen atoms in total. The van der Waals surface area contributed by atoms with Crippen LogP contribution in [0.5, 0.6) is 0 Å². The summed E-state index contributed by atoms with van der Waals surface area (Å²) < 4.78 is 0. The quantitative estimate of drug-likeness (QED) is 0.788. The van der Waals surface area contributed by atoms with Crippen molar-refractivity contribution < 1.29 is 0 Å². The Morgan fingerprint density at radius 1 is 1.00 bits per heavy atom. The molecule has 3 heteroatoms. The van der Waals surface area contributed by atoms with Gasteiger partial charge in [-0.3, -0.25) is 9.97 Å². The normalized spacial score (nSPS) is 11.2. The van der Waals surface area contributed by atoms with Crippen molar-refractivity contribution in [3.8, 4) is 11.1 Å². The van der Waals surface area contributed by atoms with E-state index in [0.717, 1.165) is 28.6 Å². The molecule has 0 spiro atoms. The molecule has 106 valence electrons. The number of hydrogen-bond donors (Lipinski definition) is 1. The molecule has 0 aliphatic heterocycles. The lowest BCUT2D eigenvalue weighted by atomic mass is 10.1. The van der Waals surface area contributed by atoms with E-state index in [1.807, 2.05) is 36.8 Å². The van der Waals surface area contributed by atoms with Gasteiger partial charge in [-0.2, -0.15) is 0 Å². The standard InChI is InChI=1S/C18H19N3/c1-13(2)20-10-14-7-16(11-19-9-14)17-8-15-5-3-4-6-18(15)21-12-17/h3-9,11-13,20H,10H2,1-2H3. The van der Waals surface area contributed by atoms with Crippen molar-refractivity contribution >= 4 is 10.9 Å². The maximum Gasteiger partial charge on any atom is 0.0702 e. The molecule has 1 N–H and O–H groups in total. The number of benzene rings is 1. The summed E-state index contributed by atoms with van der Waals surface area (Å²) >= 11 is 0. The lowest BCUT2D eigenvalue weighted by Gasteiger charge is -2.09. The van der Waals surface area contributed by atoms with Gasteiger partial charge in [-0.25, -0.2) is 0 Å². The van der Waals surface area contributed by atoms with Gasteiger partial charge < -0.3 is 5.32 Å². The van der Waals surface area contributed by atoms with Crippen molar-refractivity contribution in [3.63, 3.8) is 0 Å². The number of pyridine rings is 2. The molecule has 3 aromatic rings. The number of nitrogens with one attached hydrogen (secondary N) is 1. The second-order valence-corrected chi connectivity index (χ2v) is 5.53. The maximum atomic E-state index is 4.52. The first-order valence-corrected chi connectivity index (χ1v) is 7.25. The molecule has 0 amide bonds. The van der Waals surface area contributed by atoms with Crippen LogP contribution in [0.4, 0.5) is 0 Å². The minimum Gasteiger partial charge on any atom is -0.310 e. The summed E-state index contributed by atoms with van der Waals surface area (Å²) in [5, 5.41) is 4.57.